The van der Waals surface area contributed by atoms with E-state index in [-0.39, 0.29) is 5.02 Å². The van der Waals surface area contributed by atoms with Gasteiger partial charge in [-0.05, 0) is 23.8 Å². The number of nitrogens with one attached hydrogen (secondary N) is 1. The van der Waals surface area contributed by atoms with Gasteiger partial charge in [-0.1, -0.05) is 60.1 Å². The van der Waals surface area contributed by atoms with Gasteiger partial charge in [0, 0.05) is 10.6 Å². The largest absolute Gasteiger partial charge is 0.466 e. The average molecular weight is 380 g/mol. The summed E-state index contributed by atoms with van der Waals surface area (Å²) >= 11 is 11.8. The third-order valence-electron chi connectivity index (χ3n) is 3.27. The van der Waals surface area contributed by atoms with Crippen LogP contribution in [0.25, 0.3) is 5.57 Å². The van der Waals surface area contributed by atoms with E-state index in [1.807, 2.05) is 6.07 Å². The van der Waals surface area contributed by atoms with Crippen molar-refractivity contribution in [2.75, 3.05) is 12.4 Å². The molecule has 1 unspecified atom stereocenters. The van der Waals surface area contributed by atoms with Gasteiger partial charge in [-0.2, -0.15) is 0 Å². The zero-order chi connectivity index (χ0) is 18.4. The summed E-state index contributed by atoms with van der Waals surface area (Å²) in [6.07, 6.45) is -2.17. The molecule has 130 valence electrons. The summed E-state index contributed by atoms with van der Waals surface area (Å²) in [4.78, 5) is 24.1. The Bertz CT molecular complexity index is 793. The van der Waals surface area contributed by atoms with E-state index in [9.17, 15) is 9.59 Å². The first-order chi connectivity index (χ1) is 11.9. The predicted octanol–water partition coefficient (Wildman–Crippen LogP) is 4.80. The number of hydrogen-bond donors (Lipinski definition) is 1. The van der Waals surface area contributed by atoms with Gasteiger partial charge in [-0.15, -0.1) is 0 Å². The molecule has 0 aliphatic heterocycles. The molecule has 7 heteroatoms. The van der Waals surface area contributed by atoms with E-state index in [0.717, 1.165) is 0 Å². The van der Waals surface area contributed by atoms with Crippen LogP contribution in [0.5, 0.6) is 0 Å². The van der Waals surface area contributed by atoms with Crippen LogP contribution < -0.4 is 5.32 Å². The Hall–Kier alpha value is -2.50. The number of halogens is 2. The first-order valence-electron chi connectivity index (χ1n) is 7.17. The first kappa shape index (κ1) is 18.8. The molecule has 0 aliphatic carbocycles. The molecule has 1 amide bonds. The summed E-state index contributed by atoms with van der Waals surface area (Å²) < 4.78 is 9.89. The fourth-order valence-electron chi connectivity index (χ4n) is 2.01. The molecule has 0 aromatic heterocycles. The molecule has 0 aliphatic rings. The maximum Gasteiger partial charge on any atom is 0.412 e. The number of carbonyl (C=O) groups excluding carboxylic acids is 2. The molecule has 0 heterocycles. The Kier molecular flexibility index (Phi) is 6.44. The van der Waals surface area contributed by atoms with Crippen LogP contribution in [0.2, 0.25) is 10.0 Å². The standard InChI is InChI=1S/C18H15Cl2NO4/c1-11(12-6-4-3-5-7-12)16(17(22)24-2)25-18(23)21-15-9-8-13(19)10-14(15)20/h3-10,16H,1H2,2H3,(H,21,23). The minimum atomic E-state index is -1.29. The van der Waals surface area contributed by atoms with Crippen LogP contribution in [0.3, 0.4) is 0 Å². The monoisotopic (exact) mass is 379 g/mol. The van der Waals surface area contributed by atoms with Gasteiger partial charge in [-0.3, -0.25) is 5.32 Å². The second-order valence-corrected chi connectivity index (χ2v) is 5.79. The lowest BCUT2D eigenvalue weighted by atomic mass is 10.0. The van der Waals surface area contributed by atoms with Crippen molar-refractivity contribution < 1.29 is 19.1 Å². The quantitative estimate of drug-likeness (QED) is 0.757. The molecule has 0 saturated heterocycles. The van der Waals surface area contributed by atoms with Crippen LogP contribution in [0.1, 0.15) is 5.56 Å². The minimum Gasteiger partial charge on any atom is -0.466 e. The van der Waals surface area contributed by atoms with Crippen LogP contribution in [0.15, 0.2) is 55.1 Å². The summed E-state index contributed by atoms with van der Waals surface area (Å²) in [6.45, 7) is 3.83. The van der Waals surface area contributed by atoms with Gasteiger partial charge in [0.2, 0.25) is 6.10 Å². The zero-order valence-electron chi connectivity index (χ0n) is 13.3. The number of rotatable bonds is 5. The van der Waals surface area contributed by atoms with Crippen LogP contribution in [0, 0.1) is 0 Å². The van der Waals surface area contributed by atoms with Gasteiger partial charge in [0.1, 0.15) is 0 Å². The molecule has 5 nitrogen and oxygen atoms in total. The number of anilines is 1. The number of carbonyl (C=O) groups is 2. The summed E-state index contributed by atoms with van der Waals surface area (Å²) in [5.41, 5.74) is 1.24. The van der Waals surface area contributed by atoms with Crippen molar-refractivity contribution in [3.8, 4) is 0 Å². The van der Waals surface area contributed by atoms with E-state index < -0.39 is 18.2 Å². The number of methoxy groups -OCH3 is 1. The van der Waals surface area contributed by atoms with Gasteiger partial charge in [0.05, 0.1) is 17.8 Å². The molecule has 2 rings (SSSR count). The molecule has 0 spiro atoms. The molecule has 25 heavy (non-hydrogen) atoms. The number of esters is 1. The van der Waals surface area contributed by atoms with Crippen LogP contribution in [-0.4, -0.2) is 25.3 Å². The molecule has 2 aromatic carbocycles. The summed E-state index contributed by atoms with van der Waals surface area (Å²) in [6, 6.07) is 13.4. The number of benzene rings is 2. The van der Waals surface area contributed by atoms with E-state index in [2.05, 4.69) is 11.9 Å². The van der Waals surface area contributed by atoms with Crippen molar-refractivity contribution >= 4 is 46.5 Å². The normalized spacial score (nSPS) is 11.3. The van der Waals surface area contributed by atoms with Gasteiger partial charge in [-0.25, -0.2) is 9.59 Å². The topological polar surface area (TPSA) is 64.6 Å². The van der Waals surface area contributed by atoms with Crippen LogP contribution >= 0.6 is 23.2 Å². The number of hydrogen-bond acceptors (Lipinski definition) is 4. The maximum absolute atomic E-state index is 12.1. The van der Waals surface area contributed by atoms with Crippen molar-refractivity contribution in [1.29, 1.82) is 0 Å². The highest BCUT2D eigenvalue weighted by molar-refractivity contribution is 6.36. The predicted molar refractivity (Wildman–Crippen MR) is 97.8 cm³/mol. The molecule has 0 radical (unpaired) electrons. The first-order valence-corrected chi connectivity index (χ1v) is 7.92. The van der Waals surface area contributed by atoms with Gasteiger partial charge in [0.15, 0.2) is 0 Å². The van der Waals surface area contributed by atoms with E-state index in [1.54, 1.807) is 30.3 Å². The molecular formula is C18H15Cl2NO4. The molecule has 0 fully saturated rings. The molecule has 0 saturated carbocycles. The van der Waals surface area contributed by atoms with Crippen molar-refractivity contribution in [1.82, 2.24) is 0 Å². The van der Waals surface area contributed by atoms with E-state index in [0.29, 0.717) is 21.8 Å². The van der Waals surface area contributed by atoms with Crippen molar-refractivity contribution in [3.63, 3.8) is 0 Å². The Labute approximate surface area is 155 Å². The summed E-state index contributed by atoms with van der Waals surface area (Å²) in [7, 11) is 1.20. The highest BCUT2D eigenvalue weighted by Gasteiger charge is 2.28. The number of ether oxygens (including phenoxy) is 2. The molecule has 1 atom stereocenters. The van der Waals surface area contributed by atoms with Gasteiger partial charge in [0.25, 0.3) is 0 Å². The van der Waals surface area contributed by atoms with Crippen molar-refractivity contribution in [2.45, 2.75) is 6.10 Å². The van der Waals surface area contributed by atoms with Crippen LogP contribution in [-0.2, 0) is 14.3 Å². The maximum atomic E-state index is 12.1. The molecule has 1 N–H and O–H groups in total. The Morgan fingerprint density at radius 3 is 2.40 bits per heavy atom. The van der Waals surface area contributed by atoms with Gasteiger partial charge < -0.3 is 9.47 Å². The minimum absolute atomic E-state index is 0.237. The second kappa shape index (κ2) is 8.55. The fourth-order valence-corrected chi connectivity index (χ4v) is 2.47. The number of amides is 1. The SMILES string of the molecule is C=C(c1ccccc1)C(OC(=O)Nc1ccc(Cl)cc1Cl)C(=O)OC. The Morgan fingerprint density at radius 1 is 1.12 bits per heavy atom. The lowest BCUT2D eigenvalue weighted by Gasteiger charge is -2.18. The van der Waals surface area contributed by atoms with E-state index >= 15 is 0 Å². The molecule has 2 aromatic rings. The van der Waals surface area contributed by atoms with Gasteiger partial charge >= 0.3 is 12.1 Å². The third kappa shape index (κ3) is 4.98. The highest BCUT2D eigenvalue weighted by atomic mass is 35.5. The van der Waals surface area contributed by atoms with E-state index in [4.69, 9.17) is 32.7 Å². The average Bonchev–Trinajstić information content (AvgIpc) is 2.61. The fraction of sp³-hybridized carbons (Fsp3) is 0.111. The zero-order valence-corrected chi connectivity index (χ0v) is 14.8. The lowest BCUT2D eigenvalue weighted by Crippen LogP contribution is -2.31. The summed E-state index contributed by atoms with van der Waals surface area (Å²) in [5, 5.41) is 3.11. The van der Waals surface area contributed by atoms with Crippen LogP contribution in [0.4, 0.5) is 10.5 Å². The Balaban J connectivity index is 2.15. The molecule has 0 bridgehead atoms. The second-order valence-electron chi connectivity index (χ2n) is 4.95. The smallest absolute Gasteiger partial charge is 0.412 e. The summed E-state index contributed by atoms with van der Waals surface area (Å²) in [5.74, 6) is -0.744. The molecular weight excluding hydrogens is 365 g/mol. The highest BCUT2D eigenvalue weighted by Crippen LogP contribution is 2.26. The lowest BCUT2D eigenvalue weighted by molar-refractivity contribution is -0.147. The van der Waals surface area contributed by atoms with Crippen molar-refractivity contribution in [3.05, 3.63) is 70.7 Å². The third-order valence-corrected chi connectivity index (χ3v) is 3.82. The Morgan fingerprint density at radius 2 is 1.80 bits per heavy atom. The van der Waals surface area contributed by atoms with E-state index in [1.165, 1.54) is 19.2 Å². The van der Waals surface area contributed by atoms with Crippen molar-refractivity contribution in [2.24, 2.45) is 0 Å².